The number of benzene rings is 1. The van der Waals surface area contributed by atoms with Crippen molar-refractivity contribution in [3.8, 4) is 0 Å². The van der Waals surface area contributed by atoms with Gasteiger partial charge in [-0.2, -0.15) is 0 Å². The van der Waals surface area contributed by atoms with Gasteiger partial charge in [-0.1, -0.05) is 31.4 Å². The summed E-state index contributed by atoms with van der Waals surface area (Å²) in [6, 6.07) is 6.54. The van der Waals surface area contributed by atoms with Gasteiger partial charge in [0.15, 0.2) is 0 Å². The maximum absolute atomic E-state index is 12.9. The minimum Gasteiger partial charge on any atom is -0.337 e. The molecule has 31 heavy (non-hydrogen) atoms. The molecule has 1 aliphatic heterocycles. The van der Waals surface area contributed by atoms with Crippen LogP contribution in [0.2, 0.25) is 0 Å². The van der Waals surface area contributed by atoms with E-state index in [1.165, 1.54) is 43.2 Å². The number of fused-ring (bicyclic) bond motifs is 1. The van der Waals surface area contributed by atoms with Gasteiger partial charge in [-0.15, -0.1) is 0 Å². The maximum Gasteiger partial charge on any atom is 0.228 e. The van der Waals surface area contributed by atoms with Crippen LogP contribution in [0.4, 0.5) is 5.69 Å². The van der Waals surface area contributed by atoms with Gasteiger partial charge >= 0.3 is 0 Å². The number of hydrogen-bond acceptors (Lipinski definition) is 3. The molecule has 2 amide bonds. The highest BCUT2D eigenvalue weighted by Gasteiger charge is 2.56. The lowest BCUT2D eigenvalue weighted by molar-refractivity contribution is -0.140. The van der Waals surface area contributed by atoms with Gasteiger partial charge in [-0.25, -0.2) is 0 Å². The monoisotopic (exact) mass is 423 g/mol. The van der Waals surface area contributed by atoms with E-state index in [0.717, 1.165) is 44.7 Å². The van der Waals surface area contributed by atoms with E-state index in [1.54, 1.807) is 0 Å². The second-order valence-corrected chi connectivity index (χ2v) is 10.5. The second-order valence-electron chi connectivity index (χ2n) is 10.5. The van der Waals surface area contributed by atoms with Crippen LogP contribution in [0.5, 0.6) is 0 Å². The molecule has 0 bridgehead atoms. The molecule has 5 heteroatoms. The number of hydrogen-bond donors (Lipinski definition) is 1. The zero-order valence-electron chi connectivity index (χ0n) is 19.1. The van der Waals surface area contributed by atoms with E-state index in [1.807, 2.05) is 6.07 Å². The fraction of sp³-hybridized carbons (Fsp3) is 0.692. The van der Waals surface area contributed by atoms with E-state index >= 15 is 0 Å². The number of rotatable bonds is 5. The van der Waals surface area contributed by atoms with Crippen LogP contribution < -0.4 is 5.32 Å². The Morgan fingerprint density at radius 2 is 1.77 bits per heavy atom. The standard InChI is InChI=1S/C26H37N3O2/c1-17-15-28(13-14-29(17)26(31)19-7-3-4-8-19)16-20-9-5-12-23(18(20)2)27-25(30)24-21-10-6-11-22(21)24/h5,9,12,17,19,21-22,24H,3-4,6-8,10-11,13-16H2,1-2H3,(H,27,30)/t17-,21?,22?,24?/m0/s1. The van der Waals surface area contributed by atoms with Crippen molar-refractivity contribution < 1.29 is 9.59 Å². The Bertz CT molecular complexity index is 837. The third kappa shape index (κ3) is 4.13. The van der Waals surface area contributed by atoms with Crippen molar-refractivity contribution in [3.63, 3.8) is 0 Å². The summed E-state index contributed by atoms with van der Waals surface area (Å²) in [6.07, 6.45) is 8.32. The van der Waals surface area contributed by atoms with E-state index in [4.69, 9.17) is 0 Å². The number of piperazine rings is 1. The van der Waals surface area contributed by atoms with E-state index in [9.17, 15) is 9.59 Å². The van der Waals surface area contributed by atoms with Crippen LogP contribution in [-0.4, -0.2) is 47.3 Å². The van der Waals surface area contributed by atoms with Crippen molar-refractivity contribution in [1.82, 2.24) is 9.80 Å². The minimum absolute atomic E-state index is 0.225. The highest BCUT2D eigenvalue weighted by atomic mass is 16.2. The predicted octanol–water partition coefficient (Wildman–Crippen LogP) is 4.20. The molecule has 3 aliphatic carbocycles. The third-order valence-corrected chi connectivity index (χ3v) is 8.51. The zero-order valence-corrected chi connectivity index (χ0v) is 19.1. The van der Waals surface area contributed by atoms with Gasteiger partial charge < -0.3 is 10.2 Å². The molecule has 168 valence electrons. The van der Waals surface area contributed by atoms with Crippen LogP contribution in [-0.2, 0) is 16.1 Å². The molecular formula is C26H37N3O2. The van der Waals surface area contributed by atoms with E-state index in [2.05, 4.69) is 41.1 Å². The highest BCUT2D eigenvalue weighted by Crippen LogP contribution is 2.57. The Hall–Kier alpha value is -1.88. The molecule has 3 saturated carbocycles. The van der Waals surface area contributed by atoms with Crippen molar-refractivity contribution >= 4 is 17.5 Å². The van der Waals surface area contributed by atoms with Gasteiger partial charge in [0.25, 0.3) is 0 Å². The van der Waals surface area contributed by atoms with Gasteiger partial charge in [0.1, 0.15) is 0 Å². The Labute approximate surface area is 186 Å². The number of nitrogens with one attached hydrogen (secondary N) is 1. The fourth-order valence-corrected chi connectivity index (χ4v) is 6.57. The molecule has 5 nitrogen and oxygen atoms in total. The Balaban J connectivity index is 1.18. The average molecular weight is 424 g/mol. The molecule has 3 atom stereocenters. The van der Waals surface area contributed by atoms with Crippen molar-refractivity contribution in [2.24, 2.45) is 23.7 Å². The van der Waals surface area contributed by atoms with Gasteiger partial charge in [0.2, 0.25) is 11.8 Å². The minimum atomic E-state index is 0.225. The molecule has 5 rings (SSSR count). The van der Waals surface area contributed by atoms with Gasteiger partial charge in [0, 0.05) is 49.7 Å². The lowest BCUT2D eigenvalue weighted by Crippen LogP contribution is -2.54. The molecular weight excluding hydrogens is 386 g/mol. The largest absolute Gasteiger partial charge is 0.337 e. The lowest BCUT2D eigenvalue weighted by atomic mass is 10.0. The molecule has 1 aromatic carbocycles. The SMILES string of the molecule is Cc1c(CN2CCN(C(=O)C3CCCC3)[C@@H](C)C2)cccc1NC(=O)C1C2CCCC21. The van der Waals surface area contributed by atoms with Crippen LogP contribution in [0.1, 0.15) is 63.0 Å². The quantitative estimate of drug-likeness (QED) is 0.772. The van der Waals surface area contributed by atoms with Crippen LogP contribution in [0.15, 0.2) is 18.2 Å². The van der Waals surface area contributed by atoms with Gasteiger partial charge in [-0.3, -0.25) is 14.5 Å². The summed E-state index contributed by atoms with van der Waals surface area (Å²) in [6.45, 7) is 7.86. The molecule has 0 aromatic heterocycles. The fourth-order valence-electron chi connectivity index (χ4n) is 6.57. The Kier molecular flexibility index (Phi) is 5.80. The summed E-state index contributed by atoms with van der Waals surface area (Å²) in [5.74, 6) is 2.42. The first kappa shape index (κ1) is 21.0. The average Bonchev–Trinajstić information content (AvgIpc) is 3.14. The van der Waals surface area contributed by atoms with E-state index < -0.39 is 0 Å². The maximum atomic E-state index is 12.9. The normalized spacial score (nSPS) is 31.0. The van der Waals surface area contributed by atoms with Gasteiger partial charge in [-0.05, 0) is 68.6 Å². The summed E-state index contributed by atoms with van der Waals surface area (Å²) in [4.78, 5) is 30.2. The summed E-state index contributed by atoms with van der Waals surface area (Å²) < 4.78 is 0. The van der Waals surface area contributed by atoms with Crippen LogP contribution in [0.3, 0.4) is 0 Å². The smallest absolute Gasteiger partial charge is 0.228 e. The molecule has 1 saturated heterocycles. The predicted molar refractivity (Wildman–Crippen MR) is 123 cm³/mol. The molecule has 0 spiro atoms. The first-order chi connectivity index (χ1) is 15.0. The first-order valence-corrected chi connectivity index (χ1v) is 12.4. The molecule has 2 unspecified atom stereocenters. The topological polar surface area (TPSA) is 52.6 Å². The van der Waals surface area contributed by atoms with Crippen molar-refractivity contribution in [2.75, 3.05) is 25.0 Å². The molecule has 0 radical (unpaired) electrons. The number of carbonyl (C=O) groups excluding carboxylic acids is 2. The first-order valence-electron chi connectivity index (χ1n) is 12.4. The second kappa shape index (κ2) is 8.57. The van der Waals surface area contributed by atoms with Crippen molar-refractivity contribution in [3.05, 3.63) is 29.3 Å². The number of carbonyl (C=O) groups is 2. The number of nitrogens with zero attached hydrogens (tertiary/aromatic N) is 2. The highest BCUT2D eigenvalue weighted by molar-refractivity contribution is 5.95. The van der Waals surface area contributed by atoms with Crippen LogP contribution in [0.25, 0.3) is 0 Å². The third-order valence-electron chi connectivity index (χ3n) is 8.51. The summed E-state index contributed by atoms with van der Waals surface area (Å²) in [7, 11) is 0. The Morgan fingerprint density at radius 1 is 1.03 bits per heavy atom. The molecule has 4 fully saturated rings. The lowest BCUT2D eigenvalue weighted by Gasteiger charge is -2.41. The zero-order chi connectivity index (χ0) is 21.5. The number of amides is 2. The van der Waals surface area contributed by atoms with Crippen molar-refractivity contribution in [2.45, 2.75) is 71.4 Å². The van der Waals surface area contributed by atoms with E-state index in [0.29, 0.717) is 17.7 Å². The van der Waals surface area contributed by atoms with Gasteiger partial charge in [0.05, 0.1) is 0 Å². The summed E-state index contributed by atoms with van der Waals surface area (Å²) in [5.41, 5.74) is 3.42. The molecule has 1 N–H and O–H groups in total. The van der Waals surface area contributed by atoms with Crippen LogP contribution >= 0.6 is 0 Å². The molecule has 4 aliphatic rings. The van der Waals surface area contributed by atoms with Crippen molar-refractivity contribution in [1.29, 1.82) is 0 Å². The Morgan fingerprint density at radius 3 is 2.48 bits per heavy atom. The summed E-state index contributed by atoms with van der Waals surface area (Å²) >= 11 is 0. The van der Waals surface area contributed by atoms with Crippen LogP contribution in [0, 0.1) is 30.6 Å². The summed E-state index contributed by atoms with van der Waals surface area (Å²) in [5, 5.41) is 3.23. The number of anilines is 1. The molecule has 1 heterocycles. The van der Waals surface area contributed by atoms with E-state index in [-0.39, 0.29) is 23.8 Å². The molecule has 1 aromatic rings.